The molecule has 4 heteroatoms. The van der Waals surface area contributed by atoms with E-state index in [1.807, 2.05) is 6.07 Å². The molecule has 2 atom stereocenters. The molecular formula is C17H25NO3. The standard InChI is InChI=1S/C17H25NO3/c1-13(18-11-15-4-2-3-9-19-15)5-6-14-7-8-16-17(10-14)21-12-20-16/h7-8,10,13,15,18H,2-6,9,11-12H2,1H3. The van der Waals surface area contributed by atoms with Gasteiger partial charge in [0.25, 0.3) is 0 Å². The van der Waals surface area contributed by atoms with E-state index < -0.39 is 0 Å². The maximum absolute atomic E-state index is 5.75. The van der Waals surface area contributed by atoms with Crippen molar-refractivity contribution < 1.29 is 14.2 Å². The van der Waals surface area contributed by atoms with Crippen LogP contribution in [0.3, 0.4) is 0 Å². The molecule has 0 radical (unpaired) electrons. The first kappa shape index (κ1) is 14.7. The normalized spacial score (nSPS) is 22.2. The first-order chi connectivity index (χ1) is 10.3. The first-order valence-electron chi connectivity index (χ1n) is 8.05. The van der Waals surface area contributed by atoms with Crippen molar-refractivity contribution >= 4 is 0 Å². The van der Waals surface area contributed by atoms with E-state index >= 15 is 0 Å². The van der Waals surface area contributed by atoms with E-state index in [0.717, 1.165) is 37.5 Å². The predicted molar refractivity (Wildman–Crippen MR) is 81.9 cm³/mol. The number of hydrogen-bond acceptors (Lipinski definition) is 4. The van der Waals surface area contributed by atoms with Crippen LogP contribution >= 0.6 is 0 Å². The van der Waals surface area contributed by atoms with Gasteiger partial charge in [-0.3, -0.25) is 0 Å². The molecule has 2 heterocycles. The molecule has 0 amide bonds. The van der Waals surface area contributed by atoms with E-state index in [9.17, 15) is 0 Å². The largest absolute Gasteiger partial charge is 0.454 e. The van der Waals surface area contributed by atoms with E-state index in [2.05, 4.69) is 24.4 Å². The lowest BCUT2D eigenvalue weighted by molar-refractivity contribution is 0.0155. The van der Waals surface area contributed by atoms with Crippen molar-refractivity contribution in [2.75, 3.05) is 19.9 Å². The number of fused-ring (bicyclic) bond motifs is 1. The molecule has 116 valence electrons. The topological polar surface area (TPSA) is 39.7 Å². The maximum atomic E-state index is 5.75. The van der Waals surface area contributed by atoms with Crippen LogP contribution in [-0.2, 0) is 11.2 Å². The molecule has 0 saturated carbocycles. The molecular weight excluding hydrogens is 266 g/mol. The van der Waals surface area contributed by atoms with E-state index in [4.69, 9.17) is 14.2 Å². The summed E-state index contributed by atoms with van der Waals surface area (Å²) in [4.78, 5) is 0. The lowest BCUT2D eigenvalue weighted by atomic mass is 10.0. The Morgan fingerprint density at radius 3 is 3.00 bits per heavy atom. The molecule has 2 aliphatic heterocycles. The van der Waals surface area contributed by atoms with Crippen LogP contribution in [0.25, 0.3) is 0 Å². The second kappa shape index (κ2) is 7.14. The zero-order valence-corrected chi connectivity index (χ0v) is 12.8. The van der Waals surface area contributed by atoms with Gasteiger partial charge >= 0.3 is 0 Å². The Hall–Kier alpha value is -1.26. The van der Waals surface area contributed by atoms with Crippen LogP contribution in [0.5, 0.6) is 11.5 Å². The molecule has 4 nitrogen and oxygen atoms in total. The highest BCUT2D eigenvalue weighted by atomic mass is 16.7. The summed E-state index contributed by atoms with van der Waals surface area (Å²) in [7, 11) is 0. The Morgan fingerprint density at radius 2 is 2.14 bits per heavy atom. The van der Waals surface area contributed by atoms with Crippen LogP contribution in [0.1, 0.15) is 38.2 Å². The molecule has 0 aromatic heterocycles. The van der Waals surface area contributed by atoms with E-state index in [1.165, 1.54) is 24.8 Å². The molecule has 2 aliphatic rings. The summed E-state index contributed by atoms with van der Waals surface area (Å²) in [6.45, 7) is 4.49. The highest BCUT2D eigenvalue weighted by Crippen LogP contribution is 2.32. The minimum absolute atomic E-state index is 0.345. The Kier molecular flexibility index (Phi) is 4.99. The van der Waals surface area contributed by atoms with Gasteiger partial charge in [0.15, 0.2) is 11.5 Å². The second-order valence-electron chi connectivity index (χ2n) is 6.02. The highest BCUT2D eigenvalue weighted by Gasteiger charge is 2.15. The van der Waals surface area contributed by atoms with Crippen molar-refractivity contribution in [3.8, 4) is 11.5 Å². The van der Waals surface area contributed by atoms with Crippen LogP contribution in [0, 0.1) is 0 Å². The highest BCUT2D eigenvalue weighted by molar-refractivity contribution is 5.44. The van der Waals surface area contributed by atoms with Gasteiger partial charge < -0.3 is 19.5 Å². The fraction of sp³-hybridized carbons (Fsp3) is 0.647. The van der Waals surface area contributed by atoms with Gasteiger partial charge in [-0.05, 0) is 56.7 Å². The predicted octanol–water partition coefficient (Wildman–Crippen LogP) is 2.90. The zero-order chi connectivity index (χ0) is 14.5. The third-order valence-electron chi connectivity index (χ3n) is 4.27. The number of ether oxygens (including phenoxy) is 3. The lowest BCUT2D eigenvalue weighted by Gasteiger charge is -2.24. The third-order valence-corrected chi connectivity index (χ3v) is 4.27. The van der Waals surface area contributed by atoms with Crippen molar-refractivity contribution in [2.45, 2.75) is 51.2 Å². The summed E-state index contributed by atoms with van der Waals surface area (Å²) in [5, 5.41) is 3.59. The monoisotopic (exact) mass is 291 g/mol. The fourth-order valence-electron chi connectivity index (χ4n) is 2.88. The summed E-state index contributed by atoms with van der Waals surface area (Å²) in [5.41, 5.74) is 1.31. The zero-order valence-electron chi connectivity index (χ0n) is 12.8. The smallest absolute Gasteiger partial charge is 0.231 e. The van der Waals surface area contributed by atoms with Crippen LogP contribution in [0.2, 0.25) is 0 Å². The molecule has 1 saturated heterocycles. The SMILES string of the molecule is CC(CCc1ccc2c(c1)OCO2)NCC1CCCCO1. The molecule has 1 aromatic rings. The summed E-state index contributed by atoms with van der Waals surface area (Å²) in [5.74, 6) is 1.74. The third kappa shape index (κ3) is 4.11. The molecule has 0 aliphatic carbocycles. The molecule has 1 fully saturated rings. The minimum atomic E-state index is 0.345. The average molecular weight is 291 g/mol. The molecule has 21 heavy (non-hydrogen) atoms. The number of aryl methyl sites for hydroxylation is 1. The Morgan fingerprint density at radius 1 is 1.24 bits per heavy atom. The fourth-order valence-corrected chi connectivity index (χ4v) is 2.88. The summed E-state index contributed by atoms with van der Waals surface area (Å²) in [6.07, 6.45) is 6.30. The molecule has 2 unspecified atom stereocenters. The van der Waals surface area contributed by atoms with Crippen LogP contribution < -0.4 is 14.8 Å². The van der Waals surface area contributed by atoms with Gasteiger partial charge in [-0.25, -0.2) is 0 Å². The van der Waals surface area contributed by atoms with Crippen LogP contribution in [-0.4, -0.2) is 32.1 Å². The van der Waals surface area contributed by atoms with Crippen molar-refractivity contribution in [1.82, 2.24) is 5.32 Å². The summed E-state index contributed by atoms with van der Waals surface area (Å²) in [6, 6.07) is 6.73. The van der Waals surface area contributed by atoms with Gasteiger partial charge in [-0.15, -0.1) is 0 Å². The second-order valence-corrected chi connectivity index (χ2v) is 6.02. The van der Waals surface area contributed by atoms with Gasteiger partial charge in [0.05, 0.1) is 6.10 Å². The number of benzene rings is 1. The van der Waals surface area contributed by atoms with Gasteiger partial charge in [-0.2, -0.15) is 0 Å². The summed E-state index contributed by atoms with van der Waals surface area (Å²) < 4.78 is 16.5. The Bertz CT molecular complexity index is 457. The van der Waals surface area contributed by atoms with Gasteiger partial charge in [0, 0.05) is 19.2 Å². The van der Waals surface area contributed by atoms with E-state index in [1.54, 1.807) is 0 Å². The van der Waals surface area contributed by atoms with E-state index in [-0.39, 0.29) is 0 Å². The summed E-state index contributed by atoms with van der Waals surface area (Å²) >= 11 is 0. The van der Waals surface area contributed by atoms with Crippen molar-refractivity contribution in [1.29, 1.82) is 0 Å². The van der Waals surface area contributed by atoms with Crippen molar-refractivity contribution in [2.24, 2.45) is 0 Å². The lowest BCUT2D eigenvalue weighted by Crippen LogP contribution is -2.36. The van der Waals surface area contributed by atoms with Crippen LogP contribution in [0.4, 0.5) is 0 Å². The minimum Gasteiger partial charge on any atom is -0.454 e. The number of hydrogen-bond donors (Lipinski definition) is 1. The number of nitrogens with one attached hydrogen (secondary N) is 1. The Labute approximate surface area is 126 Å². The Balaban J connectivity index is 1.40. The van der Waals surface area contributed by atoms with Gasteiger partial charge in [0.1, 0.15) is 0 Å². The quantitative estimate of drug-likeness (QED) is 0.875. The first-order valence-corrected chi connectivity index (χ1v) is 8.05. The van der Waals surface area contributed by atoms with Crippen LogP contribution in [0.15, 0.2) is 18.2 Å². The average Bonchev–Trinajstić information content (AvgIpc) is 2.99. The van der Waals surface area contributed by atoms with E-state index in [0.29, 0.717) is 18.9 Å². The maximum Gasteiger partial charge on any atom is 0.231 e. The molecule has 0 bridgehead atoms. The molecule has 1 aromatic carbocycles. The van der Waals surface area contributed by atoms with Crippen molar-refractivity contribution in [3.63, 3.8) is 0 Å². The molecule has 0 spiro atoms. The van der Waals surface area contributed by atoms with Gasteiger partial charge in [-0.1, -0.05) is 6.07 Å². The molecule has 3 rings (SSSR count). The van der Waals surface area contributed by atoms with Gasteiger partial charge in [0.2, 0.25) is 6.79 Å². The molecule has 1 N–H and O–H groups in total. The number of rotatable bonds is 6. The van der Waals surface area contributed by atoms with Crippen molar-refractivity contribution in [3.05, 3.63) is 23.8 Å².